The quantitative estimate of drug-likeness (QED) is 0.264. The molecule has 1 N–H and O–H groups in total. The number of carbonyl (C=O) groups excluding carboxylic acids is 1. The molecule has 8 nitrogen and oxygen atoms in total. The average Bonchev–Trinajstić information content (AvgIpc) is 3.17. The van der Waals surface area contributed by atoms with Crippen molar-refractivity contribution in [1.29, 1.82) is 0 Å². The van der Waals surface area contributed by atoms with Gasteiger partial charge in [-0.05, 0) is 24.6 Å². The van der Waals surface area contributed by atoms with E-state index in [1.54, 1.807) is 16.7 Å². The van der Waals surface area contributed by atoms with E-state index >= 15 is 0 Å². The number of amides is 1. The maximum atomic E-state index is 13.1. The summed E-state index contributed by atoms with van der Waals surface area (Å²) < 4.78 is 7.89. The lowest BCUT2D eigenvalue weighted by Gasteiger charge is -2.13. The van der Waals surface area contributed by atoms with E-state index < -0.39 is 0 Å². The molecule has 0 bridgehead atoms. The third kappa shape index (κ3) is 5.48. The summed E-state index contributed by atoms with van der Waals surface area (Å²) in [5.41, 5.74) is 0.509. The maximum Gasteiger partial charge on any atom is 0.322 e. The number of hydrogen-bond donors (Lipinski definition) is 1. The number of thioether (sulfide) groups is 1. The van der Waals surface area contributed by atoms with Crippen LogP contribution in [0.1, 0.15) is 51.8 Å². The normalized spacial score (nSPS) is 11.4. The molecule has 3 aromatic rings. The van der Waals surface area contributed by atoms with Crippen molar-refractivity contribution in [3.8, 4) is 0 Å². The van der Waals surface area contributed by atoms with Crippen LogP contribution >= 0.6 is 27.7 Å². The number of benzene rings is 1. The number of anilines is 1. The van der Waals surface area contributed by atoms with Crippen molar-refractivity contribution in [3.05, 3.63) is 38.9 Å². The predicted octanol–water partition coefficient (Wildman–Crippen LogP) is 4.59. The molecule has 160 valence electrons. The molecule has 2 heterocycles. The van der Waals surface area contributed by atoms with Crippen molar-refractivity contribution in [3.63, 3.8) is 0 Å². The summed E-state index contributed by atoms with van der Waals surface area (Å²) in [6, 6.07) is 5.50. The first-order valence-electron chi connectivity index (χ1n) is 9.85. The van der Waals surface area contributed by atoms with Crippen LogP contribution in [0.15, 0.2) is 37.0 Å². The number of unbranched alkanes of at least 4 members (excludes halogenated alkanes) is 2. The Balaban J connectivity index is 1.79. The fourth-order valence-electron chi connectivity index (χ4n) is 2.80. The molecule has 0 radical (unpaired) electrons. The second kappa shape index (κ2) is 10.2. The zero-order valence-electron chi connectivity index (χ0n) is 17.1. The standard InChI is InChI=1S/C20H24BrN5O3S/c1-4-5-6-9-26-18(28)14-10-13(21)7-8-15(14)22-20(26)30-11-16(27)23-19-25-24-17(29-19)12(2)3/h7-8,10,12H,4-6,9,11H2,1-3H3,(H,23,25,27). The number of hydrogen-bond acceptors (Lipinski definition) is 7. The monoisotopic (exact) mass is 493 g/mol. The van der Waals surface area contributed by atoms with Crippen molar-refractivity contribution in [1.82, 2.24) is 19.7 Å². The highest BCUT2D eigenvalue weighted by molar-refractivity contribution is 9.10. The molecule has 0 saturated heterocycles. The largest absolute Gasteiger partial charge is 0.408 e. The third-order valence-corrected chi connectivity index (χ3v) is 5.85. The third-order valence-electron chi connectivity index (χ3n) is 4.38. The van der Waals surface area contributed by atoms with Crippen LogP contribution in [0.3, 0.4) is 0 Å². The van der Waals surface area contributed by atoms with E-state index in [0.717, 1.165) is 23.7 Å². The molecule has 3 rings (SSSR count). The number of nitrogens with one attached hydrogen (secondary N) is 1. The van der Waals surface area contributed by atoms with Gasteiger partial charge in [0.2, 0.25) is 11.8 Å². The minimum absolute atomic E-state index is 0.0703. The molecule has 10 heteroatoms. The smallest absolute Gasteiger partial charge is 0.322 e. The molecular formula is C20H24BrN5O3S. The Bertz CT molecular complexity index is 1100. The Morgan fingerprint density at radius 2 is 2.10 bits per heavy atom. The van der Waals surface area contributed by atoms with Crippen LogP contribution in [0.4, 0.5) is 6.01 Å². The number of nitrogens with zero attached hydrogens (tertiary/aromatic N) is 4. The van der Waals surface area contributed by atoms with E-state index in [4.69, 9.17) is 4.42 Å². The molecule has 0 unspecified atom stereocenters. The summed E-state index contributed by atoms with van der Waals surface area (Å²) >= 11 is 4.63. The number of carbonyl (C=O) groups is 1. The summed E-state index contributed by atoms with van der Waals surface area (Å²) in [6.45, 7) is 6.53. The van der Waals surface area contributed by atoms with Crippen molar-refractivity contribution < 1.29 is 9.21 Å². The van der Waals surface area contributed by atoms with Gasteiger partial charge in [-0.3, -0.25) is 19.5 Å². The second-order valence-electron chi connectivity index (χ2n) is 7.16. The van der Waals surface area contributed by atoms with Crippen molar-refractivity contribution >= 4 is 50.5 Å². The Kier molecular flexibility index (Phi) is 7.65. The van der Waals surface area contributed by atoms with Gasteiger partial charge < -0.3 is 4.42 Å². The van der Waals surface area contributed by atoms with Gasteiger partial charge in [0.05, 0.1) is 16.7 Å². The topological polar surface area (TPSA) is 103 Å². The van der Waals surface area contributed by atoms with Crippen LogP contribution in [0.25, 0.3) is 10.9 Å². The van der Waals surface area contributed by atoms with Gasteiger partial charge in [0.15, 0.2) is 5.16 Å². The van der Waals surface area contributed by atoms with Gasteiger partial charge in [0.25, 0.3) is 5.56 Å². The van der Waals surface area contributed by atoms with Gasteiger partial charge in [-0.1, -0.05) is 66.4 Å². The molecule has 0 aliphatic carbocycles. The van der Waals surface area contributed by atoms with Crippen LogP contribution in [-0.4, -0.2) is 31.4 Å². The minimum Gasteiger partial charge on any atom is -0.408 e. The Hall–Kier alpha value is -2.20. The number of halogens is 1. The first kappa shape index (κ1) is 22.5. The van der Waals surface area contributed by atoms with Crippen LogP contribution in [0.5, 0.6) is 0 Å². The maximum absolute atomic E-state index is 13.1. The zero-order chi connectivity index (χ0) is 21.7. The zero-order valence-corrected chi connectivity index (χ0v) is 19.5. The van der Waals surface area contributed by atoms with Gasteiger partial charge >= 0.3 is 6.01 Å². The SMILES string of the molecule is CCCCCn1c(SCC(=O)Nc2nnc(C(C)C)o2)nc2ccc(Br)cc2c1=O. The van der Waals surface area contributed by atoms with E-state index in [1.807, 2.05) is 19.9 Å². The van der Waals surface area contributed by atoms with Crippen LogP contribution in [0.2, 0.25) is 0 Å². The van der Waals surface area contributed by atoms with E-state index in [0.29, 0.717) is 28.5 Å². The Labute approximate surface area is 187 Å². The number of fused-ring (bicyclic) bond motifs is 1. The van der Waals surface area contributed by atoms with E-state index in [2.05, 4.69) is 43.4 Å². The Morgan fingerprint density at radius 1 is 1.30 bits per heavy atom. The average molecular weight is 494 g/mol. The number of aromatic nitrogens is 4. The van der Waals surface area contributed by atoms with Crippen molar-refractivity contribution in [2.24, 2.45) is 0 Å². The molecule has 0 spiro atoms. The second-order valence-corrected chi connectivity index (χ2v) is 9.01. The van der Waals surface area contributed by atoms with Crippen LogP contribution < -0.4 is 10.9 Å². The van der Waals surface area contributed by atoms with E-state index in [-0.39, 0.29) is 29.2 Å². The molecule has 1 amide bonds. The number of rotatable bonds is 9. The summed E-state index contributed by atoms with van der Waals surface area (Å²) in [6.07, 6.45) is 2.94. The highest BCUT2D eigenvalue weighted by Gasteiger charge is 2.16. The van der Waals surface area contributed by atoms with Crippen LogP contribution in [0, 0.1) is 0 Å². The van der Waals surface area contributed by atoms with Gasteiger partial charge in [-0.2, -0.15) is 0 Å². The molecule has 1 aromatic carbocycles. The molecular weight excluding hydrogens is 470 g/mol. The van der Waals surface area contributed by atoms with Gasteiger partial charge in [0.1, 0.15) is 0 Å². The summed E-state index contributed by atoms with van der Waals surface area (Å²) in [4.78, 5) is 30.0. The van der Waals surface area contributed by atoms with Gasteiger partial charge in [-0.15, -0.1) is 5.10 Å². The predicted molar refractivity (Wildman–Crippen MR) is 121 cm³/mol. The lowest BCUT2D eigenvalue weighted by Crippen LogP contribution is -2.24. The van der Waals surface area contributed by atoms with E-state index in [1.165, 1.54) is 11.8 Å². The van der Waals surface area contributed by atoms with Crippen molar-refractivity contribution in [2.45, 2.75) is 57.7 Å². The highest BCUT2D eigenvalue weighted by Crippen LogP contribution is 2.22. The lowest BCUT2D eigenvalue weighted by molar-refractivity contribution is -0.113. The molecule has 2 aromatic heterocycles. The first-order chi connectivity index (χ1) is 14.4. The molecule has 0 aliphatic heterocycles. The lowest BCUT2D eigenvalue weighted by atomic mass is 10.2. The first-order valence-corrected chi connectivity index (χ1v) is 11.6. The molecule has 0 atom stereocenters. The summed E-state index contributed by atoms with van der Waals surface area (Å²) in [7, 11) is 0. The molecule has 0 fully saturated rings. The summed E-state index contributed by atoms with van der Waals surface area (Å²) in [5, 5.41) is 11.4. The molecule has 0 aliphatic rings. The fraction of sp³-hybridized carbons (Fsp3) is 0.450. The fourth-order valence-corrected chi connectivity index (χ4v) is 3.99. The summed E-state index contributed by atoms with van der Waals surface area (Å²) in [5.74, 6) is 0.313. The van der Waals surface area contributed by atoms with Gasteiger partial charge in [-0.25, -0.2) is 4.98 Å². The molecule has 30 heavy (non-hydrogen) atoms. The van der Waals surface area contributed by atoms with Crippen molar-refractivity contribution in [2.75, 3.05) is 11.1 Å². The van der Waals surface area contributed by atoms with E-state index in [9.17, 15) is 9.59 Å². The van der Waals surface area contributed by atoms with Crippen LogP contribution in [-0.2, 0) is 11.3 Å². The highest BCUT2D eigenvalue weighted by atomic mass is 79.9. The molecule has 0 saturated carbocycles. The van der Waals surface area contributed by atoms with Gasteiger partial charge in [0, 0.05) is 16.9 Å². The minimum atomic E-state index is -0.302. The Morgan fingerprint density at radius 3 is 2.80 bits per heavy atom.